The fourth-order valence-electron chi connectivity index (χ4n) is 1.56. The van der Waals surface area contributed by atoms with E-state index in [9.17, 15) is 9.59 Å². The zero-order chi connectivity index (χ0) is 16.5. The van der Waals surface area contributed by atoms with E-state index in [4.69, 9.17) is 9.47 Å². The van der Waals surface area contributed by atoms with Crippen molar-refractivity contribution >= 4 is 17.8 Å². The lowest BCUT2D eigenvalue weighted by Crippen LogP contribution is -2.45. The predicted molar refractivity (Wildman–Crippen MR) is 80.8 cm³/mol. The molecule has 0 unspecified atom stereocenters. The highest BCUT2D eigenvalue weighted by atomic mass is 16.5. The fourth-order valence-corrected chi connectivity index (χ4v) is 1.56. The molecule has 0 saturated heterocycles. The van der Waals surface area contributed by atoms with Crippen LogP contribution in [0.25, 0.3) is 0 Å². The number of benzene rings is 1. The molecule has 0 spiro atoms. The number of ether oxygens (including phenoxy) is 2. The summed E-state index contributed by atoms with van der Waals surface area (Å²) in [5.74, 6) is 0.650. The third kappa shape index (κ3) is 5.16. The maximum atomic E-state index is 11.6. The van der Waals surface area contributed by atoms with Gasteiger partial charge < -0.3 is 9.47 Å². The number of hydrogen-bond donors (Lipinski definition) is 3. The summed E-state index contributed by atoms with van der Waals surface area (Å²) in [5.41, 5.74) is 4.36. The first-order valence-corrected chi connectivity index (χ1v) is 6.56. The molecule has 0 atom stereocenters. The van der Waals surface area contributed by atoms with Gasteiger partial charge >= 0.3 is 6.03 Å². The van der Waals surface area contributed by atoms with E-state index in [0.717, 1.165) is 0 Å². The Hall–Kier alpha value is -3.36. The summed E-state index contributed by atoms with van der Waals surface area (Å²) in [6.45, 7) is -0.286. The van der Waals surface area contributed by atoms with Crippen LogP contribution >= 0.6 is 0 Å². The number of rotatable bonds is 5. The first kappa shape index (κ1) is 16.0. The fraction of sp³-hybridized carbons (Fsp3) is 0.143. The van der Waals surface area contributed by atoms with Crippen LogP contribution < -0.4 is 25.6 Å². The Balaban J connectivity index is 1.74. The first-order valence-electron chi connectivity index (χ1n) is 6.56. The van der Waals surface area contributed by atoms with Crippen LogP contribution in [-0.2, 0) is 4.79 Å². The number of methoxy groups -OCH3 is 1. The van der Waals surface area contributed by atoms with Crippen molar-refractivity contribution in [1.82, 2.24) is 20.8 Å². The molecule has 0 aliphatic rings. The lowest BCUT2D eigenvalue weighted by atomic mass is 10.3. The van der Waals surface area contributed by atoms with Crippen molar-refractivity contribution in [1.29, 1.82) is 0 Å². The highest BCUT2D eigenvalue weighted by Crippen LogP contribution is 2.25. The standard InChI is InChI=1S/C14H15N5O4/c1-22-10-4-2-3-5-11(10)23-9-13(20)18-19-14(21)17-12-8-15-6-7-16-12/h2-8H,9H2,1H3,(H,18,20)(H2,16,17,19,21). The van der Waals surface area contributed by atoms with Gasteiger partial charge in [-0.1, -0.05) is 12.1 Å². The minimum atomic E-state index is -0.656. The van der Waals surface area contributed by atoms with E-state index in [0.29, 0.717) is 11.5 Å². The van der Waals surface area contributed by atoms with Crippen molar-refractivity contribution in [3.8, 4) is 11.5 Å². The molecule has 0 bridgehead atoms. The van der Waals surface area contributed by atoms with Gasteiger partial charge in [-0.05, 0) is 12.1 Å². The first-order chi connectivity index (χ1) is 11.2. The van der Waals surface area contributed by atoms with Crippen LogP contribution in [0, 0.1) is 0 Å². The van der Waals surface area contributed by atoms with Crippen molar-refractivity contribution in [3.63, 3.8) is 0 Å². The molecule has 0 aliphatic heterocycles. The molecule has 1 aromatic carbocycles. The SMILES string of the molecule is COc1ccccc1OCC(=O)NNC(=O)Nc1cnccn1. The van der Waals surface area contributed by atoms with Gasteiger partial charge in [0.1, 0.15) is 0 Å². The Morgan fingerprint density at radius 3 is 2.61 bits per heavy atom. The van der Waals surface area contributed by atoms with Crippen LogP contribution in [0.1, 0.15) is 0 Å². The molecular formula is C14H15N5O4. The number of amides is 3. The lowest BCUT2D eigenvalue weighted by Gasteiger charge is -2.11. The predicted octanol–water partition coefficient (Wildman–Crippen LogP) is 0.717. The number of carbonyl (C=O) groups excluding carboxylic acids is 2. The lowest BCUT2D eigenvalue weighted by molar-refractivity contribution is -0.123. The van der Waals surface area contributed by atoms with Crippen LogP contribution in [0.5, 0.6) is 11.5 Å². The van der Waals surface area contributed by atoms with E-state index in [2.05, 4.69) is 26.1 Å². The summed E-state index contributed by atoms with van der Waals surface area (Å²) in [6, 6.07) is 6.25. The molecule has 2 rings (SSSR count). The molecular weight excluding hydrogens is 302 g/mol. The monoisotopic (exact) mass is 317 g/mol. The Bertz CT molecular complexity index is 665. The van der Waals surface area contributed by atoms with Crippen LogP contribution in [0.3, 0.4) is 0 Å². The molecule has 120 valence electrons. The van der Waals surface area contributed by atoms with E-state index >= 15 is 0 Å². The Kier molecular flexibility index (Phi) is 5.69. The molecule has 9 nitrogen and oxygen atoms in total. The molecule has 3 amide bonds. The zero-order valence-electron chi connectivity index (χ0n) is 12.3. The van der Waals surface area contributed by atoms with Gasteiger partial charge in [0, 0.05) is 12.4 Å². The van der Waals surface area contributed by atoms with Crippen molar-refractivity contribution in [2.75, 3.05) is 19.0 Å². The maximum absolute atomic E-state index is 11.6. The van der Waals surface area contributed by atoms with Gasteiger partial charge in [0.05, 0.1) is 13.3 Å². The number of hydrazine groups is 1. The summed E-state index contributed by atoms with van der Waals surface area (Å²) in [7, 11) is 1.50. The van der Waals surface area contributed by atoms with Crippen molar-refractivity contribution in [3.05, 3.63) is 42.9 Å². The third-order valence-electron chi connectivity index (χ3n) is 2.55. The Morgan fingerprint density at radius 1 is 1.13 bits per heavy atom. The zero-order valence-corrected chi connectivity index (χ0v) is 12.3. The van der Waals surface area contributed by atoms with Gasteiger partial charge in [-0.3, -0.25) is 20.5 Å². The summed E-state index contributed by atoms with van der Waals surface area (Å²) >= 11 is 0. The average Bonchev–Trinajstić information content (AvgIpc) is 2.59. The molecule has 23 heavy (non-hydrogen) atoms. The van der Waals surface area contributed by atoms with E-state index in [1.807, 2.05) is 0 Å². The number of carbonyl (C=O) groups is 2. The van der Waals surface area contributed by atoms with Crippen LogP contribution in [-0.4, -0.2) is 35.6 Å². The summed E-state index contributed by atoms with van der Waals surface area (Å²) in [5, 5.41) is 2.39. The van der Waals surface area contributed by atoms with E-state index in [-0.39, 0.29) is 12.4 Å². The second kappa shape index (κ2) is 8.17. The quantitative estimate of drug-likeness (QED) is 0.700. The van der Waals surface area contributed by atoms with Crippen molar-refractivity contribution in [2.24, 2.45) is 0 Å². The van der Waals surface area contributed by atoms with E-state index in [1.165, 1.54) is 25.7 Å². The molecule has 1 heterocycles. The van der Waals surface area contributed by atoms with Gasteiger partial charge in [-0.15, -0.1) is 0 Å². The largest absolute Gasteiger partial charge is 0.493 e. The van der Waals surface area contributed by atoms with E-state index in [1.54, 1.807) is 24.3 Å². The number of para-hydroxylation sites is 2. The van der Waals surface area contributed by atoms with Crippen molar-refractivity contribution < 1.29 is 19.1 Å². The number of aromatic nitrogens is 2. The summed E-state index contributed by atoms with van der Waals surface area (Å²) in [6.07, 6.45) is 4.27. The highest BCUT2D eigenvalue weighted by molar-refractivity contribution is 5.90. The van der Waals surface area contributed by atoms with E-state index < -0.39 is 11.9 Å². The normalized spacial score (nSPS) is 9.61. The molecule has 1 aromatic heterocycles. The highest BCUT2D eigenvalue weighted by Gasteiger charge is 2.08. The molecule has 9 heteroatoms. The minimum absolute atomic E-state index is 0.254. The van der Waals surface area contributed by atoms with Gasteiger partial charge in [0.2, 0.25) is 0 Å². The Labute approximate surface area is 132 Å². The van der Waals surface area contributed by atoms with Crippen LogP contribution in [0.2, 0.25) is 0 Å². The molecule has 0 fully saturated rings. The van der Waals surface area contributed by atoms with Crippen LogP contribution in [0.15, 0.2) is 42.9 Å². The van der Waals surface area contributed by atoms with Gasteiger partial charge in [-0.25, -0.2) is 15.2 Å². The molecule has 0 aliphatic carbocycles. The van der Waals surface area contributed by atoms with Gasteiger partial charge in [-0.2, -0.15) is 0 Å². The summed E-state index contributed by atoms with van der Waals surface area (Å²) in [4.78, 5) is 30.8. The summed E-state index contributed by atoms with van der Waals surface area (Å²) < 4.78 is 10.4. The third-order valence-corrected chi connectivity index (χ3v) is 2.55. The Morgan fingerprint density at radius 2 is 1.91 bits per heavy atom. The van der Waals surface area contributed by atoms with Gasteiger partial charge in [0.15, 0.2) is 23.9 Å². The number of anilines is 1. The smallest absolute Gasteiger partial charge is 0.339 e. The van der Waals surface area contributed by atoms with Gasteiger partial charge in [0.25, 0.3) is 5.91 Å². The molecule has 2 aromatic rings. The van der Waals surface area contributed by atoms with Crippen LogP contribution in [0.4, 0.5) is 10.6 Å². The minimum Gasteiger partial charge on any atom is -0.493 e. The average molecular weight is 317 g/mol. The number of urea groups is 1. The number of hydrogen-bond acceptors (Lipinski definition) is 6. The number of nitrogens with one attached hydrogen (secondary N) is 3. The second-order valence-corrected chi connectivity index (χ2v) is 4.16. The number of nitrogens with zero attached hydrogens (tertiary/aromatic N) is 2. The topological polar surface area (TPSA) is 114 Å². The van der Waals surface area contributed by atoms with Crippen molar-refractivity contribution in [2.45, 2.75) is 0 Å². The maximum Gasteiger partial charge on any atom is 0.339 e. The molecule has 0 radical (unpaired) electrons. The molecule has 0 saturated carbocycles. The molecule has 3 N–H and O–H groups in total. The second-order valence-electron chi connectivity index (χ2n) is 4.16.